The lowest BCUT2D eigenvalue weighted by Crippen LogP contribution is -2.38. The van der Waals surface area contributed by atoms with E-state index in [4.69, 9.17) is 0 Å². The quantitative estimate of drug-likeness (QED) is 0.369. The fourth-order valence-corrected chi connectivity index (χ4v) is 4.38. The molecule has 2 aromatic carbocycles. The van der Waals surface area contributed by atoms with E-state index in [9.17, 15) is 4.79 Å². The van der Waals surface area contributed by atoms with Crippen LogP contribution >= 0.6 is 0 Å². The molecule has 0 spiro atoms. The molecule has 2 nitrogen and oxygen atoms in total. The fraction of sp³-hybridized carbons (Fsp3) is 0.500. The van der Waals surface area contributed by atoms with Gasteiger partial charge >= 0.3 is 0 Å². The molecule has 0 saturated carbocycles. The fourth-order valence-electron chi connectivity index (χ4n) is 4.38. The Hall–Kier alpha value is -1.93. The molecule has 1 heterocycles. The van der Waals surface area contributed by atoms with Crippen molar-refractivity contribution in [2.75, 3.05) is 13.1 Å². The van der Waals surface area contributed by atoms with E-state index in [0.29, 0.717) is 6.42 Å². The molecule has 0 aromatic heterocycles. The topological polar surface area (TPSA) is 20.3 Å². The lowest BCUT2D eigenvalue weighted by molar-refractivity contribution is 0.0979. The Balaban J connectivity index is 1.41. The number of likely N-dealkylation sites (tertiary alicyclic amines) is 1. The first-order valence-electron chi connectivity index (χ1n) is 11.1. The van der Waals surface area contributed by atoms with Gasteiger partial charge in [0.1, 0.15) is 0 Å². The second-order valence-electron chi connectivity index (χ2n) is 8.25. The van der Waals surface area contributed by atoms with Gasteiger partial charge in [-0.05, 0) is 76.1 Å². The highest BCUT2D eigenvalue weighted by atomic mass is 16.1. The average molecular weight is 378 g/mol. The third kappa shape index (κ3) is 6.31. The second-order valence-corrected chi connectivity index (χ2v) is 8.25. The molecule has 1 atom stereocenters. The van der Waals surface area contributed by atoms with Crippen LogP contribution in [0.2, 0.25) is 0 Å². The molecule has 0 bridgehead atoms. The number of ketones is 1. The molecule has 150 valence electrons. The van der Waals surface area contributed by atoms with Crippen molar-refractivity contribution in [1.29, 1.82) is 0 Å². The number of nitrogens with zero attached hydrogens (tertiary/aromatic N) is 1. The van der Waals surface area contributed by atoms with E-state index in [-0.39, 0.29) is 5.78 Å². The van der Waals surface area contributed by atoms with Gasteiger partial charge in [0.2, 0.25) is 0 Å². The highest BCUT2D eigenvalue weighted by Gasteiger charge is 2.17. The Morgan fingerprint density at radius 2 is 1.57 bits per heavy atom. The first-order valence-corrected chi connectivity index (χ1v) is 11.1. The summed E-state index contributed by atoms with van der Waals surface area (Å²) in [6.07, 6.45) is 10.3. The van der Waals surface area contributed by atoms with Gasteiger partial charge in [-0.15, -0.1) is 0 Å². The van der Waals surface area contributed by atoms with Crippen molar-refractivity contribution < 1.29 is 4.79 Å². The van der Waals surface area contributed by atoms with E-state index >= 15 is 0 Å². The maximum Gasteiger partial charge on any atom is 0.162 e. The molecule has 2 aromatic rings. The maximum atomic E-state index is 12.2. The zero-order valence-corrected chi connectivity index (χ0v) is 17.4. The zero-order chi connectivity index (χ0) is 19.6. The van der Waals surface area contributed by atoms with Crippen LogP contribution in [-0.4, -0.2) is 29.8 Å². The Morgan fingerprint density at radius 1 is 0.893 bits per heavy atom. The number of aryl methyl sites for hydroxylation is 2. The summed E-state index contributed by atoms with van der Waals surface area (Å²) >= 11 is 0. The molecule has 1 saturated heterocycles. The van der Waals surface area contributed by atoms with Crippen molar-refractivity contribution in [3.05, 3.63) is 71.3 Å². The normalized spacial score (nSPS) is 17.5. The van der Waals surface area contributed by atoms with Crippen molar-refractivity contribution in [1.82, 2.24) is 4.90 Å². The first kappa shape index (κ1) is 20.8. The first-order chi connectivity index (χ1) is 13.7. The van der Waals surface area contributed by atoms with Crippen molar-refractivity contribution in [2.45, 2.75) is 70.8 Å². The lowest BCUT2D eigenvalue weighted by Gasteiger charge is -2.33. The average Bonchev–Trinajstić information content (AvgIpc) is 2.74. The molecule has 1 aliphatic heterocycles. The van der Waals surface area contributed by atoms with Gasteiger partial charge in [0.25, 0.3) is 0 Å². The van der Waals surface area contributed by atoms with Gasteiger partial charge in [0.05, 0.1) is 0 Å². The Labute approximate surface area is 171 Å². The van der Waals surface area contributed by atoms with Gasteiger partial charge in [0, 0.05) is 18.0 Å². The van der Waals surface area contributed by atoms with E-state index < -0.39 is 0 Å². The minimum Gasteiger partial charge on any atom is -0.301 e. The summed E-state index contributed by atoms with van der Waals surface area (Å²) in [5.41, 5.74) is 3.82. The number of carbonyl (C=O) groups excluding carboxylic acids is 1. The van der Waals surface area contributed by atoms with Gasteiger partial charge in [-0.2, -0.15) is 0 Å². The Morgan fingerprint density at radius 3 is 2.29 bits per heavy atom. The number of carbonyl (C=O) groups is 1. The van der Waals surface area contributed by atoms with Crippen LogP contribution in [0.4, 0.5) is 0 Å². The second kappa shape index (κ2) is 11.2. The highest BCUT2D eigenvalue weighted by Crippen LogP contribution is 2.19. The van der Waals surface area contributed by atoms with Crippen LogP contribution in [0.25, 0.3) is 0 Å². The summed E-state index contributed by atoms with van der Waals surface area (Å²) in [6.45, 7) is 4.88. The molecule has 1 fully saturated rings. The summed E-state index contributed by atoms with van der Waals surface area (Å²) in [6, 6.07) is 19.3. The van der Waals surface area contributed by atoms with Crippen LogP contribution in [0.3, 0.4) is 0 Å². The van der Waals surface area contributed by atoms with Crippen molar-refractivity contribution in [3.63, 3.8) is 0 Å². The van der Waals surface area contributed by atoms with Gasteiger partial charge in [-0.25, -0.2) is 0 Å². The van der Waals surface area contributed by atoms with E-state index in [0.717, 1.165) is 30.9 Å². The largest absolute Gasteiger partial charge is 0.301 e. The molecular formula is C26H35NO. The SMILES string of the molecule is CC1CCCCN1CCCc1ccccc1CCCCC(=O)c1ccccc1. The summed E-state index contributed by atoms with van der Waals surface area (Å²) in [7, 11) is 0. The van der Waals surface area contributed by atoms with E-state index in [1.165, 1.54) is 56.3 Å². The summed E-state index contributed by atoms with van der Waals surface area (Å²) < 4.78 is 0. The predicted octanol–water partition coefficient (Wildman–Crippen LogP) is 6.09. The molecule has 28 heavy (non-hydrogen) atoms. The van der Waals surface area contributed by atoms with Crippen molar-refractivity contribution in [3.8, 4) is 0 Å². The van der Waals surface area contributed by atoms with Crippen LogP contribution in [0.5, 0.6) is 0 Å². The van der Waals surface area contributed by atoms with Gasteiger partial charge in [-0.3, -0.25) is 4.79 Å². The molecule has 1 unspecified atom stereocenters. The third-order valence-electron chi connectivity index (χ3n) is 6.15. The lowest BCUT2D eigenvalue weighted by atomic mass is 9.96. The number of rotatable bonds is 10. The zero-order valence-electron chi connectivity index (χ0n) is 17.4. The maximum absolute atomic E-state index is 12.2. The minimum atomic E-state index is 0.268. The summed E-state index contributed by atoms with van der Waals surface area (Å²) in [4.78, 5) is 14.9. The number of piperidine rings is 1. The van der Waals surface area contributed by atoms with Gasteiger partial charge in [0.15, 0.2) is 5.78 Å². The molecule has 1 aliphatic rings. The van der Waals surface area contributed by atoms with Crippen LogP contribution in [0.1, 0.15) is 73.4 Å². The molecule has 0 N–H and O–H groups in total. The van der Waals surface area contributed by atoms with Crippen LogP contribution in [0.15, 0.2) is 54.6 Å². The van der Waals surface area contributed by atoms with Crippen molar-refractivity contribution >= 4 is 5.78 Å². The number of hydrogen-bond acceptors (Lipinski definition) is 2. The standard InChI is InChI=1S/C26H35NO/c1-22-12-9-10-20-27(22)21-11-18-24-14-6-5-13-23(24)15-7-8-19-26(28)25-16-3-2-4-17-25/h2-6,13-14,16-17,22H,7-12,15,18-21H2,1H3. The van der Waals surface area contributed by atoms with Gasteiger partial charge < -0.3 is 4.90 Å². The molecule has 2 heteroatoms. The Kier molecular flexibility index (Phi) is 8.29. The van der Waals surface area contributed by atoms with Crippen LogP contribution in [-0.2, 0) is 12.8 Å². The third-order valence-corrected chi connectivity index (χ3v) is 6.15. The number of unbranched alkanes of at least 4 members (excludes halogenated alkanes) is 1. The monoisotopic (exact) mass is 377 g/mol. The number of hydrogen-bond donors (Lipinski definition) is 0. The highest BCUT2D eigenvalue weighted by molar-refractivity contribution is 5.95. The summed E-state index contributed by atoms with van der Waals surface area (Å²) in [5, 5.41) is 0. The minimum absolute atomic E-state index is 0.268. The smallest absolute Gasteiger partial charge is 0.162 e. The van der Waals surface area contributed by atoms with Crippen molar-refractivity contribution in [2.24, 2.45) is 0 Å². The van der Waals surface area contributed by atoms with Crippen LogP contribution in [0, 0.1) is 0 Å². The molecule has 0 aliphatic carbocycles. The van der Waals surface area contributed by atoms with Crippen LogP contribution < -0.4 is 0 Å². The van der Waals surface area contributed by atoms with E-state index in [2.05, 4.69) is 36.1 Å². The number of Topliss-reactive ketones (excluding diaryl/α,β-unsaturated/α-hetero) is 1. The predicted molar refractivity (Wildman–Crippen MR) is 118 cm³/mol. The van der Waals surface area contributed by atoms with E-state index in [1.807, 2.05) is 30.3 Å². The number of benzene rings is 2. The molecular weight excluding hydrogens is 342 g/mol. The molecule has 0 amide bonds. The van der Waals surface area contributed by atoms with E-state index in [1.54, 1.807) is 0 Å². The van der Waals surface area contributed by atoms with Gasteiger partial charge in [-0.1, -0.05) is 61.0 Å². The Bertz CT molecular complexity index is 724. The molecule has 0 radical (unpaired) electrons. The summed E-state index contributed by atoms with van der Waals surface area (Å²) in [5.74, 6) is 0.268. The molecule has 3 rings (SSSR count).